The number of anilines is 2. The molecule has 3 fully saturated rings. The van der Waals surface area contributed by atoms with Gasteiger partial charge in [-0.3, -0.25) is 29.5 Å². The van der Waals surface area contributed by atoms with E-state index in [2.05, 4.69) is 10.4 Å². The van der Waals surface area contributed by atoms with Crippen LogP contribution in [0.4, 0.5) is 24.7 Å². The molecule has 1 saturated carbocycles. The molecule has 0 radical (unpaired) electrons. The number of hydrogen-bond donors (Lipinski definition) is 4. The van der Waals surface area contributed by atoms with E-state index in [0.29, 0.717) is 33.4 Å². The Morgan fingerprint density at radius 3 is 2.29 bits per heavy atom. The van der Waals surface area contributed by atoms with Gasteiger partial charge in [-0.05, 0) is 66.2 Å². The molecule has 3 aromatic carbocycles. The number of benzene rings is 3. The van der Waals surface area contributed by atoms with Gasteiger partial charge in [-0.25, -0.2) is 4.98 Å². The lowest BCUT2D eigenvalue weighted by Crippen LogP contribution is -2.53. The molecular weight excluding hydrogens is 763 g/mol. The third-order valence-electron chi connectivity index (χ3n) is 11.2. The van der Waals surface area contributed by atoms with Crippen molar-refractivity contribution >= 4 is 70.9 Å². The number of aromatic hydroxyl groups is 1. The van der Waals surface area contributed by atoms with Gasteiger partial charge in [-0.15, -0.1) is 0 Å². The molecule has 6 atom stereocenters. The van der Waals surface area contributed by atoms with Gasteiger partial charge in [-0.2, -0.15) is 18.2 Å². The molecule has 0 spiro atoms. The van der Waals surface area contributed by atoms with Crippen LogP contribution in [-0.4, -0.2) is 55.9 Å². The van der Waals surface area contributed by atoms with E-state index in [1.165, 1.54) is 30.3 Å². The number of fused-ring (bicyclic) bond motifs is 4. The Hall–Kier alpha value is -5.22. The molecule has 2 saturated heterocycles. The van der Waals surface area contributed by atoms with Crippen molar-refractivity contribution in [3.63, 3.8) is 0 Å². The summed E-state index contributed by atoms with van der Waals surface area (Å²) in [4.78, 5) is 63.3. The molecule has 280 valence electrons. The zero-order chi connectivity index (χ0) is 39.1. The van der Waals surface area contributed by atoms with Gasteiger partial charge in [0.2, 0.25) is 11.8 Å². The summed E-state index contributed by atoms with van der Waals surface area (Å²) in [6.07, 6.45) is -2.54. The predicted molar refractivity (Wildman–Crippen MR) is 194 cm³/mol. The number of pyridine rings is 1. The number of aromatic nitrogens is 1. The van der Waals surface area contributed by atoms with Crippen molar-refractivity contribution in [3.05, 3.63) is 123 Å². The maximum atomic E-state index is 15.2. The maximum absolute atomic E-state index is 15.2. The first-order chi connectivity index (χ1) is 26.1. The van der Waals surface area contributed by atoms with Gasteiger partial charge in [0.05, 0.1) is 39.4 Å². The van der Waals surface area contributed by atoms with E-state index in [4.69, 9.17) is 23.2 Å². The Labute approximate surface area is 321 Å². The molecule has 11 nitrogen and oxygen atoms in total. The molecule has 3 heterocycles. The molecule has 1 aromatic heterocycles. The fraction of sp³-hybridized carbons (Fsp3) is 0.237. The highest BCUT2D eigenvalue weighted by Crippen LogP contribution is 2.65. The monoisotopic (exact) mass is 790 g/mol. The van der Waals surface area contributed by atoms with Crippen LogP contribution in [0.25, 0.3) is 0 Å². The number of carbonyl (C=O) groups is 4. The Balaban J connectivity index is 1.29. The second-order valence-electron chi connectivity index (χ2n) is 14.0. The number of amides is 4. The van der Waals surface area contributed by atoms with Crippen LogP contribution in [0.2, 0.25) is 10.0 Å². The number of carbonyl (C=O) groups excluding carboxylic acids is 4. The molecule has 2 aliphatic heterocycles. The van der Waals surface area contributed by atoms with E-state index in [9.17, 15) is 42.7 Å². The second-order valence-corrected chi connectivity index (χ2v) is 14.8. The number of rotatable bonds is 6. The second kappa shape index (κ2) is 13.2. The fourth-order valence-electron chi connectivity index (χ4n) is 8.94. The van der Waals surface area contributed by atoms with Gasteiger partial charge >= 0.3 is 13.3 Å². The number of nitrogens with zero attached hydrogens (tertiary/aromatic N) is 3. The van der Waals surface area contributed by atoms with Crippen molar-refractivity contribution in [1.82, 2.24) is 9.99 Å². The molecule has 4 N–H and O–H groups in total. The maximum Gasteiger partial charge on any atom is 0.488 e. The van der Waals surface area contributed by atoms with E-state index in [0.717, 1.165) is 4.90 Å². The number of para-hydroxylation sites is 1. The summed E-state index contributed by atoms with van der Waals surface area (Å²) in [7, 11) is -1.86. The number of halogens is 5. The SMILES string of the molecule is O=C1C2CC3C(=CCC4C(=O)N(c5cccc(B(O)O)c5)C(=O)C43)C(c3ccccc3O)C2(c2ccc(Cl)cc2)C(=O)N1Nc1ncc(C(F)(F)F)cc1Cl. The number of hydrazine groups is 1. The van der Waals surface area contributed by atoms with Crippen LogP contribution in [0.3, 0.4) is 0 Å². The lowest BCUT2D eigenvalue weighted by molar-refractivity contribution is -0.139. The summed E-state index contributed by atoms with van der Waals surface area (Å²) in [6, 6.07) is 18.8. The largest absolute Gasteiger partial charge is 0.508 e. The highest BCUT2D eigenvalue weighted by molar-refractivity contribution is 6.58. The number of phenolic OH excluding ortho intramolecular Hbond substituents is 1. The lowest BCUT2D eigenvalue weighted by atomic mass is 9.49. The van der Waals surface area contributed by atoms with Crippen LogP contribution in [0, 0.1) is 23.7 Å². The van der Waals surface area contributed by atoms with Gasteiger partial charge in [0.25, 0.3) is 11.8 Å². The van der Waals surface area contributed by atoms with Crippen LogP contribution in [0.1, 0.15) is 35.4 Å². The van der Waals surface area contributed by atoms with Crippen molar-refractivity contribution in [2.45, 2.75) is 30.4 Å². The van der Waals surface area contributed by atoms with Gasteiger partial charge < -0.3 is 15.2 Å². The third kappa shape index (κ3) is 5.62. The Kier molecular flexibility index (Phi) is 8.83. The molecule has 2 aliphatic carbocycles. The molecule has 0 bridgehead atoms. The summed E-state index contributed by atoms with van der Waals surface area (Å²) in [5.41, 5.74) is 0.902. The number of imide groups is 2. The first-order valence-electron chi connectivity index (χ1n) is 17.1. The molecule has 17 heteroatoms. The Morgan fingerprint density at radius 2 is 1.62 bits per heavy atom. The van der Waals surface area contributed by atoms with Crippen molar-refractivity contribution < 1.29 is 47.5 Å². The Morgan fingerprint density at radius 1 is 0.891 bits per heavy atom. The number of allylic oxidation sites excluding steroid dienone is 2. The van der Waals surface area contributed by atoms with E-state index in [-0.39, 0.29) is 35.3 Å². The molecule has 8 rings (SSSR count). The van der Waals surface area contributed by atoms with Crippen LogP contribution < -0.4 is 15.8 Å². The van der Waals surface area contributed by atoms with Crippen LogP contribution >= 0.6 is 23.2 Å². The number of phenols is 1. The minimum atomic E-state index is -4.77. The molecule has 4 aromatic rings. The van der Waals surface area contributed by atoms with Gasteiger partial charge in [0.15, 0.2) is 5.82 Å². The standard InChI is InChI=1S/C38H28BCl2F3N4O7/c40-21-10-8-18(9-11-21)37-27(34(51)48(36(37)53)46-32-28(41)14-19(17-45-32)38(42,43)44)16-26-23(31(37)24-6-1-2-7-29(24)49)12-13-25-30(26)35(52)47(33(25)50)22-5-3-4-20(15-22)39(54)55/h1-12,14-15,17,25-27,30-31,49,54-55H,13,16H2,(H,45,46). The molecule has 4 amide bonds. The molecule has 4 aliphatic rings. The first-order valence-corrected chi connectivity index (χ1v) is 17.9. The zero-order valence-corrected chi connectivity index (χ0v) is 29.8. The van der Waals surface area contributed by atoms with Crippen molar-refractivity contribution in [1.29, 1.82) is 0 Å². The van der Waals surface area contributed by atoms with Gasteiger partial charge in [0, 0.05) is 22.7 Å². The quantitative estimate of drug-likeness (QED) is 0.120. The average molecular weight is 791 g/mol. The third-order valence-corrected chi connectivity index (χ3v) is 11.8. The first kappa shape index (κ1) is 36.7. The van der Waals surface area contributed by atoms with Gasteiger partial charge in [0.1, 0.15) is 5.75 Å². The van der Waals surface area contributed by atoms with E-state index in [1.807, 2.05) is 0 Å². The lowest BCUT2D eigenvalue weighted by Gasteiger charge is -2.50. The summed E-state index contributed by atoms with van der Waals surface area (Å²) >= 11 is 12.5. The fourth-order valence-corrected chi connectivity index (χ4v) is 9.27. The summed E-state index contributed by atoms with van der Waals surface area (Å²) < 4.78 is 40.4. The van der Waals surface area contributed by atoms with Crippen molar-refractivity contribution in [3.8, 4) is 5.75 Å². The molecule has 6 unspecified atom stereocenters. The smallest absolute Gasteiger partial charge is 0.488 e. The van der Waals surface area contributed by atoms with E-state index < -0.39 is 88.3 Å². The number of nitrogens with one attached hydrogen (secondary N) is 1. The van der Waals surface area contributed by atoms with Crippen LogP contribution in [0.5, 0.6) is 5.75 Å². The minimum absolute atomic E-state index is 0.0575. The highest BCUT2D eigenvalue weighted by atomic mass is 35.5. The molecule has 55 heavy (non-hydrogen) atoms. The average Bonchev–Trinajstić information content (AvgIpc) is 3.53. The summed E-state index contributed by atoms with van der Waals surface area (Å²) in [5.74, 6) is -8.42. The number of hydrogen-bond acceptors (Lipinski definition) is 9. The van der Waals surface area contributed by atoms with E-state index >= 15 is 4.79 Å². The summed E-state index contributed by atoms with van der Waals surface area (Å²) in [5, 5.41) is 31.5. The van der Waals surface area contributed by atoms with Crippen molar-refractivity contribution in [2.24, 2.45) is 23.7 Å². The van der Waals surface area contributed by atoms with Crippen molar-refractivity contribution in [2.75, 3.05) is 10.3 Å². The van der Waals surface area contributed by atoms with Crippen LogP contribution in [0.15, 0.2) is 96.7 Å². The molecular formula is C38H28BCl2F3N4O7. The Bertz CT molecular complexity index is 2330. The van der Waals surface area contributed by atoms with Crippen LogP contribution in [-0.2, 0) is 30.8 Å². The van der Waals surface area contributed by atoms with E-state index in [1.54, 1.807) is 48.5 Å². The van der Waals surface area contributed by atoms with Gasteiger partial charge in [-0.1, -0.05) is 77.3 Å². The normalized spacial score (nSPS) is 26.1. The number of alkyl halides is 3. The topological polar surface area (TPSA) is 160 Å². The summed E-state index contributed by atoms with van der Waals surface area (Å²) in [6.45, 7) is 0. The predicted octanol–water partition coefficient (Wildman–Crippen LogP) is 4.98. The minimum Gasteiger partial charge on any atom is -0.508 e. The zero-order valence-electron chi connectivity index (χ0n) is 28.2. The highest BCUT2D eigenvalue weighted by Gasteiger charge is 2.70.